The quantitative estimate of drug-likeness (QED) is 0.410. The normalized spacial score (nSPS) is 17.0. The van der Waals surface area contributed by atoms with Gasteiger partial charge in [-0.1, -0.05) is 11.3 Å². The summed E-state index contributed by atoms with van der Waals surface area (Å²) in [6.07, 6.45) is 1.09. The molecule has 0 bridgehead atoms. The van der Waals surface area contributed by atoms with Gasteiger partial charge in [0.15, 0.2) is 0 Å². The summed E-state index contributed by atoms with van der Waals surface area (Å²) in [6.45, 7) is 5.88. The van der Waals surface area contributed by atoms with Gasteiger partial charge in [-0.3, -0.25) is 24.5 Å². The molecule has 0 spiro atoms. The van der Waals surface area contributed by atoms with Gasteiger partial charge in [0.25, 0.3) is 11.5 Å². The number of carbonyl (C=O) groups excluding carboxylic acids is 3. The highest BCUT2D eigenvalue weighted by Crippen LogP contribution is 2.21. The molecule has 30 heavy (non-hydrogen) atoms. The molecule has 2 N–H and O–H groups in total. The molecule has 2 amide bonds. The molecule has 1 aliphatic rings. The molecule has 0 saturated carbocycles. The minimum Gasteiger partial charge on any atom is -0.460 e. The number of piperidine rings is 1. The van der Waals surface area contributed by atoms with E-state index in [1.165, 1.54) is 0 Å². The van der Waals surface area contributed by atoms with Gasteiger partial charge in [-0.05, 0) is 45.7 Å². The minimum atomic E-state index is -0.882. The monoisotopic (exact) mass is 415 g/mol. The number of fused-ring (bicyclic) bond motifs is 1. The van der Waals surface area contributed by atoms with Crippen molar-refractivity contribution in [2.24, 2.45) is 0 Å². The number of nitrogens with zero attached hydrogens (tertiary/aromatic N) is 3. The summed E-state index contributed by atoms with van der Waals surface area (Å²) in [6, 6.07) is 4.24. The van der Waals surface area contributed by atoms with Gasteiger partial charge < -0.3 is 10.1 Å². The molecule has 1 aromatic carbocycles. The van der Waals surface area contributed by atoms with Crippen molar-refractivity contribution in [3.05, 3.63) is 28.6 Å². The third-order valence-electron chi connectivity index (χ3n) is 4.51. The summed E-state index contributed by atoms with van der Waals surface area (Å²) in [5.74, 6) is -1.22. The summed E-state index contributed by atoms with van der Waals surface area (Å²) in [5.41, 5.74) is -0.0667. The van der Waals surface area contributed by atoms with Gasteiger partial charge >= 0.3 is 5.97 Å². The van der Waals surface area contributed by atoms with E-state index in [1.807, 2.05) is 20.8 Å². The SMILES string of the molecule is CC(C)(C)OC(=O)CCCNc1cccc2nnn(C3CCC(=O)NC3=O)c(=O)c12. The first-order valence-electron chi connectivity index (χ1n) is 9.83. The smallest absolute Gasteiger partial charge is 0.306 e. The van der Waals surface area contributed by atoms with Crippen molar-refractivity contribution in [2.75, 3.05) is 11.9 Å². The Morgan fingerprint density at radius 3 is 2.77 bits per heavy atom. The molecular weight excluding hydrogens is 390 g/mol. The van der Waals surface area contributed by atoms with E-state index in [0.717, 1.165) is 4.68 Å². The first-order chi connectivity index (χ1) is 14.2. The van der Waals surface area contributed by atoms with E-state index >= 15 is 0 Å². The molecule has 1 unspecified atom stereocenters. The molecule has 1 saturated heterocycles. The summed E-state index contributed by atoms with van der Waals surface area (Å²) in [5, 5.41) is 13.6. The maximum Gasteiger partial charge on any atom is 0.306 e. The van der Waals surface area contributed by atoms with E-state index in [-0.39, 0.29) is 31.1 Å². The summed E-state index contributed by atoms with van der Waals surface area (Å²) >= 11 is 0. The van der Waals surface area contributed by atoms with Gasteiger partial charge in [-0.2, -0.15) is 4.68 Å². The lowest BCUT2D eigenvalue weighted by atomic mass is 10.1. The zero-order chi connectivity index (χ0) is 21.9. The van der Waals surface area contributed by atoms with Crippen LogP contribution >= 0.6 is 0 Å². The zero-order valence-electron chi connectivity index (χ0n) is 17.2. The highest BCUT2D eigenvalue weighted by Gasteiger charge is 2.30. The van der Waals surface area contributed by atoms with Crippen molar-refractivity contribution in [3.63, 3.8) is 0 Å². The molecule has 2 heterocycles. The van der Waals surface area contributed by atoms with Gasteiger partial charge in [-0.15, -0.1) is 5.10 Å². The highest BCUT2D eigenvalue weighted by atomic mass is 16.6. The van der Waals surface area contributed by atoms with Crippen LogP contribution in [0, 0.1) is 0 Å². The van der Waals surface area contributed by atoms with Gasteiger partial charge in [0.2, 0.25) is 5.91 Å². The van der Waals surface area contributed by atoms with E-state index < -0.39 is 23.1 Å². The van der Waals surface area contributed by atoms with Crippen molar-refractivity contribution in [3.8, 4) is 0 Å². The molecule has 10 heteroatoms. The van der Waals surface area contributed by atoms with E-state index in [9.17, 15) is 19.2 Å². The van der Waals surface area contributed by atoms with Crippen molar-refractivity contribution in [2.45, 2.75) is 58.1 Å². The predicted octanol–water partition coefficient (Wildman–Crippen LogP) is 1.30. The van der Waals surface area contributed by atoms with Gasteiger partial charge in [0.05, 0.1) is 5.39 Å². The molecular formula is C20H25N5O5. The van der Waals surface area contributed by atoms with Crippen LogP contribution in [0.2, 0.25) is 0 Å². The van der Waals surface area contributed by atoms with Crippen LogP contribution in [0.5, 0.6) is 0 Å². The summed E-state index contributed by atoms with van der Waals surface area (Å²) in [7, 11) is 0. The van der Waals surface area contributed by atoms with E-state index in [4.69, 9.17) is 4.74 Å². The maximum absolute atomic E-state index is 13.1. The number of imide groups is 1. The number of esters is 1. The van der Waals surface area contributed by atoms with Gasteiger partial charge in [0.1, 0.15) is 17.2 Å². The lowest BCUT2D eigenvalue weighted by molar-refractivity contribution is -0.154. The van der Waals surface area contributed by atoms with Crippen molar-refractivity contribution >= 4 is 34.4 Å². The largest absolute Gasteiger partial charge is 0.460 e. The number of aromatic nitrogens is 3. The second-order valence-electron chi connectivity index (χ2n) is 8.12. The number of hydrogen-bond acceptors (Lipinski definition) is 8. The topological polar surface area (TPSA) is 132 Å². The Bertz CT molecular complexity index is 1040. The van der Waals surface area contributed by atoms with Crippen molar-refractivity contribution in [1.82, 2.24) is 20.3 Å². The standard InChI is InChI=1S/C20H25N5O5/c1-20(2,3)30-16(27)8-5-11-21-12-6-4-7-13-17(12)19(29)25(24-23-13)14-9-10-15(26)22-18(14)28/h4,6-7,14,21H,5,8-11H2,1-3H3,(H,22,26,28). The van der Waals surface area contributed by atoms with Gasteiger partial charge in [0, 0.05) is 25.1 Å². The number of anilines is 1. The number of carbonyl (C=O) groups is 3. The average molecular weight is 415 g/mol. The van der Waals surface area contributed by atoms with E-state index in [0.29, 0.717) is 29.6 Å². The summed E-state index contributed by atoms with van der Waals surface area (Å²) in [4.78, 5) is 48.4. The Balaban J connectivity index is 1.76. The average Bonchev–Trinajstić information content (AvgIpc) is 2.65. The van der Waals surface area contributed by atoms with Crippen LogP contribution in [0.4, 0.5) is 5.69 Å². The van der Waals surface area contributed by atoms with Crippen LogP contribution < -0.4 is 16.2 Å². The van der Waals surface area contributed by atoms with Crippen LogP contribution in [0.25, 0.3) is 10.9 Å². The number of nitrogens with one attached hydrogen (secondary N) is 2. The van der Waals surface area contributed by atoms with Crippen molar-refractivity contribution < 1.29 is 19.1 Å². The number of hydrogen-bond donors (Lipinski definition) is 2. The molecule has 0 radical (unpaired) electrons. The van der Waals surface area contributed by atoms with Crippen molar-refractivity contribution in [1.29, 1.82) is 0 Å². The van der Waals surface area contributed by atoms with E-state index in [2.05, 4.69) is 20.9 Å². The predicted molar refractivity (Wildman–Crippen MR) is 109 cm³/mol. The third-order valence-corrected chi connectivity index (χ3v) is 4.51. The van der Waals surface area contributed by atoms with Crippen LogP contribution in [-0.2, 0) is 19.1 Å². The van der Waals surface area contributed by atoms with Crippen LogP contribution in [0.1, 0.15) is 52.5 Å². The molecule has 1 aromatic heterocycles. The maximum atomic E-state index is 13.1. The Labute approximate surface area is 173 Å². The number of rotatable bonds is 6. The van der Waals surface area contributed by atoms with Crippen LogP contribution in [-0.4, -0.2) is 44.9 Å². The highest BCUT2D eigenvalue weighted by molar-refractivity contribution is 5.99. The molecule has 1 fully saturated rings. The Kier molecular flexibility index (Phi) is 6.14. The van der Waals surface area contributed by atoms with Crippen LogP contribution in [0.3, 0.4) is 0 Å². The molecule has 3 rings (SSSR count). The van der Waals surface area contributed by atoms with E-state index in [1.54, 1.807) is 18.2 Å². The lowest BCUT2D eigenvalue weighted by Gasteiger charge is -2.21. The first kappa shape index (κ1) is 21.4. The van der Waals surface area contributed by atoms with Crippen LogP contribution in [0.15, 0.2) is 23.0 Å². The lowest BCUT2D eigenvalue weighted by Crippen LogP contribution is -2.45. The second-order valence-corrected chi connectivity index (χ2v) is 8.12. The molecule has 0 aliphatic carbocycles. The number of ether oxygens (including phenoxy) is 1. The fourth-order valence-electron chi connectivity index (χ4n) is 3.21. The first-order valence-corrected chi connectivity index (χ1v) is 9.83. The molecule has 1 aliphatic heterocycles. The van der Waals surface area contributed by atoms with Gasteiger partial charge in [-0.25, -0.2) is 0 Å². The zero-order valence-corrected chi connectivity index (χ0v) is 17.2. The Morgan fingerprint density at radius 2 is 2.07 bits per heavy atom. The number of benzene rings is 1. The third kappa shape index (κ3) is 5.00. The minimum absolute atomic E-state index is 0.132. The second kappa shape index (κ2) is 8.60. The summed E-state index contributed by atoms with van der Waals surface area (Å²) < 4.78 is 6.30. The molecule has 2 aromatic rings. The fraction of sp³-hybridized carbons (Fsp3) is 0.500. The fourth-order valence-corrected chi connectivity index (χ4v) is 3.21. The Hall–Kier alpha value is -3.30. The molecule has 1 atom stereocenters. The molecule has 10 nitrogen and oxygen atoms in total. The molecule has 160 valence electrons. The number of amides is 2. The Morgan fingerprint density at radius 1 is 1.30 bits per heavy atom.